The molecular weight excluding hydrogens is 280 g/mol. The molecule has 5 heteroatoms. The summed E-state index contributed by atoms with van der Waals surface area (Å²) in [7, 11) is 0. The van der Waals surface area contributed by atoms with E-state index in [2.05, 4.69) is 22.3 Å². The van der Waals surface area contributed by atoms with Crippen molar-refractivity contribution in [3.05, 3.63) is 47.1 Å². The molecule has 0 bridgehead atoms. The number of nitrogens with zero attached hydrogens (tertiary/aromatic N) is 4. The second kappa shape index (κ2) is 4.11. The standard InChI is InChI=1S/C16H12N4S/c1-2-5-10(6-3-1)14-18-16-13(15-19-17-9-20(14)15)11-7-4-8-12(11)21-16/h1-3,5-6,9H,4,7-8H2. The van der Waals surface area contributed by atoms with Crippen LogP contribution in [0.5, 0.6) is 0 Å². The van der Waals surface area contributed by atoms with Crippen molar-refractivity contribution in [3.8, 4) is 11.4 Å². The summed E-state index contributed by atoms with van der Waals surface area (Å²) in [5, 5.41) is 9.70. The van der Waals surface area contributed by atoms with E-state index < -0.39 is 0 Å². The van der Waals surface area contributed by atoms with Gasteiger partial charge in [-0.25, -0.2) is 4.98 Å². The van der Waals surface area contributed by atoms with E-state index in [1.165, 1.54) is 28.7 Å². The second-order valence-electron chi connectivity index (χ2n) is 5.36. The van der Waals surface area contributed by atoms with Crippen LogP contribution in [0.2, 0.25) is 0 Å². The number of hydrogen-bond donors (Lipinski definition) is 0. The molecule has 1 aliphatic rings. The molecule has 0 saturated carbocycles. The van der Waals surface area contributed by atoms with Gasteiger partial charge >= 0.3 is 0 Å². The third-order valence-corrected chi connectivity index (χ3v) is 5.33. The first-order chi connectivity index (χ1) is 10.4. The predicted molar refractivity (Wildman–Crippen MR) is 83.6 cm³/mol. The molecule has 0 unspecified atom stereocenters. The van der Waals surface area contributed by atoms with Gasteiger partial charge < -0.3 is 0 Å². The van der Waals surface area contributed by atoms with Crippen molar-refractivity contribution in [2.45, 2.75) is 19.3 Å². The van der Waals surface area contributed by atoms with Crippen molar-refractivity contribution in [2.75, 3.05) is 0 Å². The van der Waals surface area contributed by atoms with Crippen molar-refractivity contribution >= 4 is 27.2 Å². The topological polar surface area (TPSA) is 43.1 Å². The van der Waals surface area contributed by atoms with Gasteiger partial charge in [0.05, 0.1) is 5.39 Å². The highest BCUT2D eigenvalue weighted by Crippen LogP contribution is 2.39. The third kappa shape index (κ3) is 1.52. The average Bonchev–Trinajstić information content (AvgIpc) is 3.21. The molecule has 4 aromatic rings. The molecule has 1 aromatic carbocycles. The summed E-state index contributed by atoms with van der Waals surface area (Å²) in [6, 6.07) is 10.2. The highest BCUT2D eigenvalue weighted by Gasteiger charge is 2.22. The SMILES string of the molecule is c1ccc(-c2nc3sc4c(c3c3nncn23)CCC4)cc1. The number of aryl methyl sites for hydroxylation is 2. The van der Waals surface area contributed by atoms with Crippen LogP contribution in [-0.4, -0.2) is 19.6 Å². The van der Waals surface area contributed by atoms with E-state index in [4.69, 9.17) is 4.98 Å². The molecule has 0 aliphatic heterocycles. The van der Waals surface area contributed by atoms with Gasteiger partial charge in [0.1, 0.15) is 17.0 Å². The Labute approximate surface area is 125 Å². The monoisotopic (exact) mass is 292 g/mol. The zero-order valence-corrected chi connectivity index (χ0v) is 12.1. The zero-order valence-electron chi connectivity index (χ0n) is 11.3. The Balaban J connectivity index is 1.93. The molecule has 0 radical (unpaired) electrons. The molecular formula is C16H12N4S. The van der Waals surface area contributed by atoms with Crippen molar-refractivity contribution in [2.24, 2.45) is 0 Å². The van der Waals surface area contributed by atoms with Crippen LogP contribution in [0.25, 0.3) is 27.3 Å². The van der Waals surface area contributed by atoms with Crippen molar-refractivity contribution in [1.82, 2.24) is 19.6 Å². The molecule has 0 amide bonds. The zero-order chi connectivity index (χ0) is 13.8. The van der Waals surface area contributed by atoms with Crippen LogP contribution in [0.4, 0.5) is 0 Å². The van der Waals surface area contributed by atoms with Crippen LogP contribution in [-0.2, 0) is 12.8 Å². The number of aromatic nitrogens is 4. The Morgan fingerprint density at radius 1 is 1.10 bits per heavy atom. The van der Waals surface area contributed by atoms with Gasteiger partial charge in [-0.05, 0) is 24.8 Å². The first-order valence-electron chi connectivity index (χ1n) is 7.11. The van der Waals surface area contributed by atoms with Gasteiger partial charge in [-0.1, -0.05) is 30.3 Å². The summed E-state index contributed by atoms with van der Waals surface area (Å²) in [5.41, 5.74) is 3.48. The van der Waals surface area contributed by atoms with E-state index in [0.717, 1.165) is 28.3 Å². The fraction of sp³-hybridized carbons (Fsp3) is 0.188. The molecule has 1 aliphatic carbocycles. The fourth-order valence-corrected chi connectivity index (χ4v) is 4.46. The summed E-state index contributed by atoms with van der Waals surface area (Å²) in [5.74, 6) is 0.919. The minimum absolute atomic E-state index is 0.919. The van der Waals surface area contributed by atoms with Gasteiger partial charge in [-0.15, -0.1) is 21.5 Å². The van der Waals surface area contributed by atoms with Crippen molar-refractivity contribution in [1.29, 1.82) is 0 Å². The molecule has 0 atom stereocenters. The number of thiophene rings is 1. The number of fused-ring (bicyclic) bond motifs is 5. The average molecular weight is 292 g/mol. The first kappa shape index (κ1) is 11.4. The minimum Gasteiger partial charge on any atom is -0.264 e. The second-order valence-corrected chi connectivity index (χ2v) is 6.45. The quantitative estimate of drug-likeness (QED) is 0.539. The van der Waals surface area contributed by atoms with E-state index >= 15 is 0 Å². The minimum atomic E-state index is 0.919. The molecule has 0 spiro atoms. The first-order valence-corrected chi connectivity index (χ1v) is 7.93. The predicted octanol–water partition coefficient (Wildman–Crippen LogP) is 3.49. The van der Waals surface area contributed by atoms with E-state index in [-0.39, 0.29) is 0 Å². The molecule has 0 N–H and O–H groups in total. The Kier molecular flexibility index (Phi) is 2.23. The summed E-state index contributed by atoms with van der Waals surface area (Å²) >= 11 is 1.82. The Bertz CT molecular complexity index is 968. The van der Waals surface area contributed by atoms with Crippen LogP contribution < -0.4 is 0 Å². The Morgan fingerprint density at radius 2 is 2.00 bits per heavy atom. The highest BCUT2D eigenvalue weighted by molar-refractivity contribution is 7.19. The smallest absolute Gasteiger partial charge is 0.172 e. The molecule has 0 fully saturated rings. The van der Waals surface area contributed by atoms with Gasteiger partial charge in [-0.3, -0.25) is 4.40 Å². The van der Waals surface area contributed by atoms with E-state index in [1.807, 2.05) is 33.9 Å². The van der Waals surface area contributed by atoms with Gasteiger partial charge in [0.2, 0.25) is 0 Å². The van der Waals surface area contributed by atoms with Crippen LogP contribution in [0.1, 0.15) is 16.9 Å². The maximum Gasteiger partial charge on any atom is 0.172 e. The lowest BCUT2D eigenvalue weighted by atomic mass is 10.1. The lowest BCUT2D eigenvalue weighted by Crippen LogP contribution is -1.96. The molecule has 3 heterocycles. The van der Waals surface area contributed by atoms with Crippen LogP contribution >= 0.6 is 11.3 Å². The highest BCUT2D eigenvalue weighted by atomic mass is 32.1. The third-order valence-electron chi connectivity index (χ3n) is 4.14. The lowest BCUT2D eigenvalue weighted by molar-refractivity contribution is 0.917. The largest absolute Gasteiger partial charge is 0.264 e. The van der Waals surface area contributed by atoms with E-state index in [0.29, 0.717) is 0 Å². The van der Waals surface area contributed by atoms with Crippen LogP contribution in [0.3, 0.4) is 0 Å². The molecule has 102 valence electrons. The van der Waals surface area contributed by atoms with Gasteiger partial charge in [0.25, 0.3) is 0 Å². The van der Waals surface area contributed by atoms with Crippen LogP contribution in [0, 0.1) is 0 Å². The summed E-state index contributed by atoms with van der Waals surface area (Å²) in [6.45, 7) is 0. The number of rotatable bonds is 1. The summed E-state index contributed by atoms with van der Waals surface area (Å²) < 4.78 is 2.02. The summed E-state index contributed by atoms with van der Waals surface area (Å²) in [6.07, 6.45) is 5.34. The molecule has 3 aromatic heterocycles. The van der Waals surface area contributed by atoms with Gasteiger partial charge in [-0.2, -0.15) is 0 Å². The summed E-state index contributed by atoms with van der Waals surface area (Å²) in [4.78, 5) is 7.49. The fourth-order valence-electron chi connectivity index (χ4n) is 3.20. The van der Waals surface area contributed by atoms with Gasteiger partial charge in [0.15, 0.2) is 5.65 Å². The van der Waals surface area contributed by atoms with Crippen LogP contribution in [0.15, 0.2) is 36.7 Å². The molecule has 5 rings (SSSR count). The lowest BCUT2D eigenvalue weighted by Gasteiger charge is -2.05. The van der Waals surface area contributed by atoms with Crippen molar-refractivity contribution < 1.29 is 0 Å². The molecule has 4 nitrogen and oxygen atoms in total. The van der Waals surface area contributed by atoms with Gasteiger partial charge in [0, 0.05) is 10.4 Å². The molecule has 0 saturated heterocycles. The number of hydrogen-bond acceptors (Lipinski definition) is 4. The molecule has 21 heavy (non-hydrogen) atoms. The van der Waals surface area contributed by atoms with E-state index in [1.54, 1.807) is 6.33 Å². The Morgan fingerprint density at radius 3 is 2.90 bits per heavy atom. The maximum absolute atomic E-state index is 4.91. The van der Waals surface area contributed by atoms with Crippen molar-refractivity contribution in [3.63, 3.8) is 0 Å². The number of benzene rings is 1. The Hall–Kier alpha value is -2.27. The maximum atomic E-state index is 4.91. The van der Waals surface area contributed by atoms with E-state index in [9.17, 15) is 0 Å². The normalized spacial score (nSPS) is 14.1.